The van der Waals surface area contributed by atoms with Gasteiger partial charge in [0.15, 0.2) is 11.5 Å². The topological polar surface area (TPSA) is 82.1 Å². The van der Waals surface area contributed by atoms with Gasteiger partial charge >= 0.3 is 0 Å². The number of rotatable bonds is 6. The largest absolute Gasteiger partial charge is 0.493 e. The summed E-state index contributed by atoms with van der Waals surface area (Å²) in [5, 5.41) is 1.38. The number of nitrogens with zero attached hydrogens (tertiary/aromatic N) is 3. The lowest BCUT2D eigenvalue weighted by atomic mass is 9.93. The quantitative estimate of drug-likeness (QED) is 0.247. The number of hydrogen-bond donors (Lipinski definition) is 1. The third-order valence-corrected chi connectivity index (χ3v) is 7.84. The molecule has 5 rings (SSSR count). The van der Waals surface area contributed by atoms with Gasteiger partial charge in [0.25, 0.3) is 0 Å². The molecule has 1 saturated heterocycles. The monoisotopic (exact) mass is 570 g/mol. The Morgan fingerprint density at radius 2 is 1.97 bits per heavy atom. The molecule has 10 heteroatoms. The standard InChI is InChI=1S/C28H25Cl3N4O3/c1-3-23(36)34-11-4-5-17(15-34)26-25(31)24(27-28(32)33-10-12-35(26)27)16-6-9-21(22(13-16)37-2)38-18-7-8-19(29)20(30)14-18/h3,6-10,12-14,17H,1,4-5,11,15H2,2H3,(H2,32,33). The van der Waals surface area contributed by atoms with Crippen molar-refractivity contribution in [3.05, 3.63) is 82.2 Å². The van der Waals surface area contributed by atoms with E-state index in [4.69, 9.17) is 50.0 Å². The zero-order valence-corrected chi connectivity index (χ0v) is 22.9. The minimum Gasteiger partial charge on any atom is -0.493 e. The van der Waals surface area contributed by atoms with Gasteiger partial charge in [-0.15, -0.1) is 0 Å². The van der Waals surface area contributed by atoms with Crippen LogP contribution in [0.5, 0.6) is 17.2 Å². The van der Waals surface area contributed by atoms with E-state index in [-0.39, 0.29) is 11.8 Å². The number of nitrogens with two attached hydrogens (primary N) is 1. The molecular formula is C28H25Cl3N4O3. The molecular weight excluding hydrogens is 547 g/mol. The van der Waals surface area contributed by atoms with Crippen molar-refractivity contribution in [2.45, 2.75) is 18.8 Å². The minimum atomic E-state index is -0.0876. The zero-order valence-electron chi connectivity index (χ0n) is 20.6. The molecule has 0 saturated carbocycles. The number of carbonyl (C=O) groups excluding carboxylic acids is 1. The van der Waals surface area contributed by atoms with Crippen LogP contribution in [-0.4, -0.2) is 40.4 Å². The van der Waals surface area contributed by atoms with Crippen molar-refractivity contribution in [3.8, 4) is 28.4 Å². The molecule has 1 fully saturated rings. The summed E-state index contributed by atoms with van der Waals surface area (Å²) in [6.07, 6.45) is 6.59. The number of benzene rings is 2. The summed E-state index contributed by atoms with van der Waals surface area (Å²) in [5.41, 5.74) is 9.49. The number of nitrogen functional groups attached to an aromatic ring is 1. The molecule has 196 valence electrons. The summed E-state index contributed by atoms with van der Waals surface area (Å²) in [4.78, 5) is 18.5. The van der Waals surface area contributed by atoms with Gasteiger partial charge in [-0.3, -0.25) is 4.79 Å². The molecule has 3 heterocycles. The van der Waals surface area contributed by atoms with E-state index in [0.717, 1.165) is 29.7 Å². The summed E-state index contributed by atoms with van der Waals surface area (Å²) >= 11 is 19.3. The van der Waals surface area contributed by atoms with Crippen molar-refractivity contribution < 1.29 is 14.3 Å². The second-order valence-corrected chi connectivity index (χ2v) is 10.2. The van der Waals surface area contributed by atoms with Crippen molar-refractivity contribution >= 4 is 52.0 Å². The fraction of sp³-hybridized carbons (Fsp3) is 0.214. The second-order valence-electron chi connectivity index (χ2n) is 8.98. The SMILES string of the molecule is C=CC(=O)N1CCCC(c2c(Cl)c(-c3ccc(Oc4ccc(Cl)c(Cl)c4)c(OC)c3)c3c(N)nccn23)C1. The van der Waals surface area contributed by atoms with Crippen LogP contribution < -0.4 is 15.2 Å². The molecule has 4 aromatic rings. The summed E-state index contributed by atoms with van der Waals surface area (Å²) in [5.74, 6) is 1.78. The summed E-state index contributed by atoms with van der Waals surface area (Å²) in [6.45, 7) is 4.86. The molecule has 0 radical (unpaired) electrons. The number of hydrogen-bond acceptors (Lipinski definition) is 5. The Hall–Kier alpha value is -3.39. The number of amides is 1. The molecule has 1 aliphatic heterocycles. The first kappa shape index (κ1) is 26.2. The number of halogens is 3. The molecule has 38 heavy (non-hydrogen) atoms. The van der Waals surface area contributed by atoms with Gasteiger partial charge in [-0.05, 0) is 48.7 Å². The maximum Gasteiger partial charge on any atom is 0.245 e. The molecule has 2 aromatic carbocycles. The third-order valence-electron chi connectivity index (χ3n) is 6.72. The molecule has 2 aromatic heterocycles. The fourth-order valence-corrected chi connectivity index (χ4v) is 5.70. The molecule has 1 unspecified atom stereocenters. The van der Waals surface area contributed by atoms with Crippen LogP contribution >= 0.6 is 34.8 Å². The van der Waals surface area contributed by atoms with Crippen LogP contribution in [0.25, 0.3) is 16.6 Å². The Balaban J connectivity index is 1.59. The highest BCUT2D eigenvalue weighted by atomic mass is 35.5. The van der Waals surface area contributed by atoms with Crippen LogP contribution in [0.2, 0.25) is 15.1 Å². The van der Waals surface area contributed by atoms with Gasteiger partial charge in [-0.1, -0.05) is 47.4 Å². The van der Waals surface area contributed by atoms with Gasteiger partial charge in [0.1, 0.15) is 11.6 Å². The third kappa shape index (κ3) is 4.77. The number of carbonyl (C=O) groups is 1. The molecule has 1 atom stereocenters. The Labute approximate surface area is 235 Å². The first-order chi connectivity index (χ1) is 18.3. The van der Waals surface area contributed by atoms with Gasteiger partial charge in [-0.25, -0.2) is 4.98 Å². The lowest BCUT2D eigenvalue weighted by Crippen LogP contribution is -2.38. The van der Waals surface area contributed by atoms with Gasteiger partial charge in [-0.2, -0.15) is 0 Å². The predicted molar refractivity (Wildman–Crippen MR) is 152 cm³/mol. The first-order valence-electron chi connectivity index (χ1n) is 12.0. The highest BCUT2D eigenvalue weighted by Gasteiger charge is 2.31. The number of ether oxygens (including phenoxy) is 2. The maximum atomic E-state index is 12.3. The molecule has 1 amide bonds. The van der Waals surface area contributed by atoms with Gasteiger partial charge in [0, 0.05) is 48.7 Å². The maximum absolute atomic E-state index is 12.3. The zero-order chi connectivity index (χ0) is 27.0. The highest BCUT2D eigenvalue weighted by Crippen LogP contribution is 2.46. The van der Waals surface area contributed by atoms with Crippen LogP contribution in [0, 0.1) is 0 Å². The average molecular weight is 572 g/mol. The summed E-state index contributed by atoms with van der Waals surface area (Å²) in [7, 11) is 1.56. The van der Waals surface area contributed by atoms with Gasteiger partial charge < -0.3 is 24.5 Å². The van der Waals surface area contributed by atoms with E-state index >= 15 is 0 Å². The van der Waals surface area contributed by atoms with Crippen LogP contribution in [0.1, 0.15) is 24.5 Å². The van der Waals surface area contributed by atoms with Crippen molar-refractivity contribution in [2.75, 3.05) is 25.9 Å². The van der Waals surface area contributed by atoms with E-state index in [2.05, 4.69) is 11.6 Å². The molecule has 0 bridgehead atoms. The minimum absolute atomic E-state index is 0.0161. The Morgan fingerprint density at radius 3 is 2.71 bits per heavy atom. The Bertz CT molecular complexity index is 1550. The number of piperidine rings is 1. The summed E-state index contributed by atoms with van der Waals surface area (Å²) in [6, 6.07) is 10.6. The average Bonchev–Trinajstić information content (AvgIpc) is 3.23. The van der Waals surface area contributed by atoms with Gasteiger partial charge in [0.2, 0.25) is 5.91 Å². The van der Waals surface area contributed by atoms with Crippen molar-refractivity contribution in [1.82, 2.24) is 14.3 Å². The van der Waals surface area contributed by atoms with Crippen LogP contribution in [-0.2, 0) is 4.79 Å². The normalized spacial score (nSPS) is 15.5. The van der Waals surface area contributed by atoms with E-state index in [1.165, 1.54) is 6.08 Å². The lowest BCUT2D eigenvalue weighted by Gasteiger charge is -2.32. The lowest BCUT2D eigenvalue weighted by molar-refractivity contribution is -0.127. The van der Waals surface area contributed by atoms with Crippen molar-refractivity contribution in [2.24, 2.45) is 0 Å². The molecule has 2 N–H and O–H groups in total. The van der Waals surface area contributed by atoms with E-state index in [0.29, 0.717) is 56.7 Å². The number of likely N-dealkylation sites (tertiary alicyclic amines) is 1. The van der Waals surface area contributed by atoms with Crippen molar-refractivity contribution in [3.63, 3.8) is 0 Å². The van der Waals surface area contributed by atoms with E-state index < -0.39 is 0 Å². The number of fused-ring (bicyclic) bond motifs is 1. The molecule has 0 spiro atoms. The van der Waals surface area contributed by atoms with E-state index in [1.54, 1.807) is 42.5 Å². The first-order valence-corrected chi connectivity index (χ1v) is 13.1. The van der Waals surface area contributed by atoms with Gasteiger partial charge in [0.05, 0.1) is 27.7 Å². The fourth-order valence-electron chi connectivity index (χ4n) is 4.97. The number of methoxy groups -OCH3 is 1. The molecule has 7 nitrogen and oxygen atoms in total. The number of anilines is 1. The smallest absolute Gasteiger partial charge is 0.245 e. The van der Waals surface area contributed by atoms with E-state index in [1.807, 2.05) is 22.7 Å². The highest BCUT2D eigenvalue weighted by molar-refractivity contribution is 6.42. The molecule has 0 aliphatic carbocycles. The summed E-state index contributed by atoms with van der Waals surface area (Å²) < 4.78 is 13.7. The van der Waals surface area contributed by atoms with Crippen LogP contribution in [0.15, 0.2) is 61.4 Å². The van der Waals surface area contributed by atoms with Crippen molar-refractivity contribution in [1.29, 1.82) is 0 Å². The Kier molecular flexibility index (Phi) is 7.43. The Morgan fingerprint density at radius 1 is 1.16 bits per heavy atom. The predicted octanol–water partition coefficient (Wildman–Crippen LogP) is 7.24. The second kappa shape index (κ2) is 10.8. The number of aromatic nitrogens is 2. The molecule has 1 aliphatic rings. The van der Waals surface area contributed by atoms with Crippen LogP contribution in [0.3, 0.4) is 0 Å². The van der Waals surface area contributed by atoms with Crippen LogP contribution in [0.4, 0.5) is 5.82 Å². The van der Waals surface area contributed by atoms with E-state index in [9.17, 15) is 4.79 Å².